The van der Waals surface area contributed by atoms with Crippen molar-refractivity contribution in [3.63, 3.8) is 0 Å². The van der Waals surface area contributed by atoms with Crippen molar-refractivity contribution in [3.05, 3.63) is 309 Å². The molecule has 4 aromatic carbocycles. The second-order valence-electron chi connectivity index (χ2n) is 23.3. The molecule has 0 fully saturated rings. The molecule has 12 aromatic rings. The van der Waals surface area contributed by atoms with Crippen LogP contribution in [-0.4, -0.2) is 19.9 Å². The molecule has 0 aliphatic carbocycles. The molecule has 0 aliphatic heterocycles. The van der Waals surface area contributed by atoms with Gasteiger partial charge in [-0.25, -0.2) is 0 Å². The molecule has 0 N–H and O–H groups in total. The quantitative estimate of drug-likeness (QED) is 0.138. The third-order valence-electron chi connectivity index (χ3n) is 15.1. The first kappa shape index (κ1) is 70.6. The van der Waals surface area contributed by atoms with Gasteiger partial charge in [0.2, 0.25) is 0 Å². The van der Waals surface area contributed by atoms with E-state index >= 15 is 0 Å². The molecule has 12 rings (SSSR count). The number of nitrogens with zero attached hydrogens (tertiary/aromatic N) is 8. The first-order valence-electron chi connectivity index (χ1n) is 29.4. The number of hydrogen-bond acceptors (Lipinski definition) is 4. The second-order valence-corrected chi connectivity index (χ2v) is 23.3. The minimum atomic E-state index is -0.268. The number of aryl methyl sites for hydroxylation is 12. The molecule has 0 bridgehead atoms. The maximum Gasteiger partial charge on any atom is 2.00 e. The van der Waals surface area contributed by atoms with E-state index in [0.717, 1.165) is 45.6 Å². The van der Waals surface area contributed by atoms with Crippen LogP contribution in [-0.2, 0) is 49.8 Å². The summed E-state index contributed by atoms with van der Waals surface area (Å²) in [7, 11) is 0. The average Bonchev–Trinajstić information content (AvgIpc) is 3.10. The van der Waals surface area contributed by atoms with Crippen molar-refractivity contribution in [2.75, 3.05) is 0 Å². The van der Waals surface area contributed by atoms with Gasteiger partial charge in [0.15, 0.2) is 0 Å². The van der Waals surface area contributed by atoms with Crippen molar-refractivity contribution in [1.82, 2.24) is 39.9 Å². The Morgan fingerprint density at radius 1 is 0.239 bits per heavy atom. The summed E-state index contributed by atoms with van der Waals surface area (Å²) in [5, 5.41) is 0. The topological polar surface area (TPSA) is 108 Å². The van der Waals surface area contributed by atoms with E-state index in [0.29, 0.717) is 0 Å². The largest absolute Gasteiger partial charge is 2.00 e. The standard InChI is InChI=1S/2C29H32N2.4C5H5N.2Zn/c2*1-17-13-19(3)27(20(4)14-17)23-9-11-25(30-23)29(7,8)26-12-10-24(31-26)28-21(5)15-18(2)16-22(28)6;4*1-2-4-6-5-3-1;;/h2*9-16H,1-8H3;4*1-5H;;/q2*-2;;;;;2*+2. The number of aromatic nitrogens is 8. The summed E-state index contributed by atoms with van der Waals surface area (Å²) < 4.78 is 0. The van der Waals surface area contributed by atoms with Crippen molar-refractivity contribution < 1.29 is 39.0 Å². The fraction of sp³-hybridized carbons (Fsp3) is 0.231. The molecule has 8 aromatic heterocycles. The summed E-state index contributed by atoms with van der Waals surface area (Å²) in [6.07, 6.45) is 14.0. The SMILES string of the molecule is Cc1cc(C)c(-c2ccc(C(C)(C)c3ccc(-c4c(C)cc(C)cc4C)[n-]3)[n-]2)c(C)c1.Cc1cc(C)c(-c2ccc(C(C)(C)c3ccc(-c4c(C)cc(C)cc4C)[n-]3)[n-]2)c(C)c1.[Zn+2].[Zn+2].c1ccncc1.c1ccncc1.c1ccncc1.c1ccncc1. The summed E-state index contributed by atoms with van der Waals surface area (Å²) in [5.41, 5.74) is 28.3. The number of benzene rings is 4. The van der Waals surface area contributed by atoms with Gasteiger partial charge in [0.25, 0.3) is 0 Å². The van der Waals surface area contributed by atoms with Gasteiger partial charge in [0.05, 0.1) is 0 Å². The van der Waals surface area contributed by atoms with Gasteiger partial charge in [-0.2, -0.15) is 22.8 Å². The summed E-state index contributed by atoms with van der Waals surface area (Å²) in [4.78, 5) is 35.4. The van der Waals surface area contributed by atoms with Crippen LogP contribution in [0.5, 0.6) is 0 Å². The van der Waals surface area contributed by atoms with Crippen molar-refractivity contribution >= 4 is 0 Å². The molecule has 8 nitrogen and oxygen atoms in total. The molecule has 0 saturated heterocycles. The zero-order valence-corrected chi connectivity index (χ0v) is 60.7. The molecule has 0 spiro atoms. The molecule has 0 saturated carbocycles. The van der Waals surface area contributed by atoms with E-state index in [9.17, 15) is 0 Å². The van der Waals surface area contributed by atoms with E-state index in [4.69, 9.17) is 19.9 Å². The normalized spacial score (nSPS) is 10.5. The molecule has 88 heavy (non-hydrogen) atoms. The Kier molecular flexibility index (Phi) is 26.7. The van der Waals surface area contributed by atoms with E-state index in [1.807, 2.05) is 72.8 Å². The number of rotatable bonds is 8. The Morgan fingerprint density at radius 2 is 0.398 bits per heavy atom. The van der Waals surface area contributed by atoms with Crippen LogP contribution < -0.4 is 19.9 Å². The predicted octanol–water partition coefficient (Wildman–Crippen LogP) is 18.5. The summed E-state index contributed by atoms with van der Waals surface area (Å²) >= 11 is 0. The van der Waals surface area contributed by atoms with Crippen LogP contribution in [0.4, 0.5) is 0 Å². The fourth-order valence-electron chi connectivity index (χ4n) is 11.2. The van der Waals surface area contributed by atoms with E-state index in [1.54, 1.807) is 49.6 Å². The number of hydrogen-bond donors (Lipinski definition) is 0. The van der Waals surface area contributed by atoms with Crippen molar-refractivity contribution in [2.24, 2.45) is 0 Å². The molecule has 440 valence electrons. The van der Waals surface area contributed by atoms with Crippen molar-refractivity contribution in [2.45, 2.75) is 122 Å². The molecule has 0 atom stereocenters. The van der Waals surface area contributed by atoms with Gasteiger partial charge >= 0.3 is 39.0 Å². The monoisotopic (exact) mass is 1260 g/mol. The fourth-order valence-corrected chi connectivity index (χ4v) is 11.2. The first-order chi connectivity index (χ1) is 41.1. The van der Waals surface area contributed by atoms with E-state index in [1.165, 1.54) is 89.0 Å². The molecular formula is C78H84N8Zn2. The maximum absolute atomic E-state index is 5.07. The Morgan fingerprint density at radius 3 is 0.523 bits per heavy atom. The smallest absolute Gasteiger partial charge is 0.660 e. The van der Waals surface area contributed by atoms with E-state index in [2.05, 4.69) is 228 Å². The Labute approximate surface area is 550 Å². The van der Waals surface area contributed by atoms with Crippen LogP contribution in [0.15, 0.2) is 219 Å². The van der Waals surface area contributed by atoms with Gasteiger partial charge in [-0.3, -0.25) is 19.9 Å². The maximum atomic E-state index is 5.07. The summed E-state index contributed by atoms with van der Waals surface area (Å²) in [6.45, 7) is 34.8. The average molecular weight is 1260 g/mol. The van der Waals surface area contributed by atoms with Crippen LogP contribution in [0.1, 0.15) is 117 Å². The molecule has 0 amide bonds. The van der Waals surface area contributed by atoms with E-state index < -0.39 is 0 Å². The zero-order chi connectivity index (χ0) is 62.0. The molecule has 8 heterocycles. The molecule has 0 unspecified atom stereocenters. The van der Waals surface area contributed by atoms with Gasteiger partial charge in [0, 0.05) is 49.6 Å². The van der Waals surface area contributed by atoms with Crippen molar-refractivity contribution in [3.8, 4) is 45.0 Å². The van der Waals surface area contributed by atoms with Gasteiger partial charge in [-0.15, -0.1) is 22.8 Å². The van der Waals surface area contributed by atoms with Crippen LogP contribution >= 0.6 is 0 Å². The molecular weight excluding hydrogens is 1180 g/mol. The second kappa shape index (κ2) is 33.3. The third kappa shape index (κ3) is 18.9. The van der Waals surface area contributed by atoms with Gasteiger partial charge in [-0.1, -0.05) is 171 Å². The summed E-state index contributed by atoms with van der Waals surface area (Å²) in [5.74, 6) is 0. The van der Waals surface area contributed by atoms with Gasteiger partial charge in [0.1, 0.15) is 0 Å². The Hall–Kier alpha value is -8.15. The van der Waals surface area contributed by atoms with Crippen LogP contribution in [0.2, 0.25) is 0 Å². The first-order valence-corrected chi connectivity index (χ1v) is 29.4. The Bertz CT molecular complexity index is 3300. The van der Waals surface area contributed by atoms with Gasteiger partial charge in [-0.05, 0) is 209 Å². The molecule has 10 heteroatoms. The number of pyridine rings is 4. The van der Waals surface area contributed by atoms with Crippen LogP contribution in [0.25, 0.3) is 45.0 Å². The third-order valence-corrected chi connectivity index (χ3v) is 15.1. The minimum absolute atomic E-state index is 0. The Balaban J connectivity index is 0.000000228. The van der Waals surface area contributed by atoms with Crippen LogP contribution in [0.3, 0.4) is 0 Å². The van der Waals surface area contributed by atoms with E-state index in [-0.39, 0.29) is 49.8 Å². The van der Waals surface area contributed by atoms with Gasteiger partial charge < -0.3 is 19.9 Å². The predicted molar refractivity (Wildman–Crippen MR) is 359 cm³/mol. The zero-order valence-electron chi connectivity index (χ0n) is 54.8. The summed E-state index contributed by atoms with van der Waals surface area (Å²) in [6, 6.07) is 58.0. The minimum Gasteiger partial charge on any atom is -0.660 e. The van der Waals surface area contributed by atoms with Crippen LogP contribution in [0, 0.1) is 83.1 Å². The molecule has 0 radical (unpaired) electrons. The van der Waals surface area contributed by atoms with Crippen molar-refractivity contribution in [1.29, 1.82) is 0 Å². The molecule has 0 aliphatic rings.